The Morgan fingerprint density at radius 2 is 1.74 bits per heavy atom. The van der Waals surface area contributed by atoms with Crippen molar-refractivity contribution in [1.82, 2.24) is 9.21 Å². The molecule has 0 radical (unpaired) electrons. The first-order chi connectivity index (χ1) is 20.4. The van der Waals surface area contributed by atoms with Gasteiger partial charge in [0.05, 0.1) is 36.8 Å². The Labute approximate surface area is 256 Å². The Kier molecular flexibility index (Phi) is 10.2. The minimum atomic E-state index is -3.86. The number of halogens is 1. The lowest BCUT2D eigenvalue weighted by molar-refractivity contribution is 0.0387. The maximum Gasteiger partial charge on any atom is 0.323 e. The van der Waals surface area contributed by atoms with Crippen molar-refractivity contribution >= 4 is 44.9 Å². The Bertz CT molecular complexity index is 1550. The van der Waals surface area contributed by atoms with Crippen molar-refractivity contribution in [2.75, 3.05) is 44.5 Å². The van der Waals surface area contributed by atoms with Crippen LogP contribution in [0.4, 0.5) is 16.2 Å². The Hall–Kier alpha value is -3.84. The summed E-state index contributed by atoms with van der Waals surface area (Å²) in [6, 6.07) is 16.3. The molecular formula is C30H35ClN4O7S. The van der Waals surface area contributed by atoms with E-state index in [9.17, 15) is 23.1 Å². The normalized spacial score (nSPS) is 17.7. The molecule has 0 bridgehead atoms. The Balaban J connectivity index is 1.59. The maximum absolute atomic E-state index is 13.7. The van der Waals surface area contributed by atoms with Crippen LogP contribution in [0.1, 0.15) is 24.2 Å². The first kappa shape index (κ1) is 32.1. The summed E-state index contributed by atoms with van der Waals surface area (Å²) in [5, 5.41) is 15.8. The summed E-state index contributed by atoms with van der Waals surface area (Å²) >= 11 is 5.94. The van der Waals surface area contributed by atoms with E-state index >= 15 is 0 Å². The van der Waals surface area contributed by atoms with Gasteiger partial charge in [-0.15, -0.1) is 0 Å². The molecule has 0 fully saturated rings. The molecule has 1 aliphatic heterocycles. The standard InChI is InChI=1S/C30H35ClN4O7S/c1-19-16-35(20(2)18-36)29(37)26-15-23(33-30(38)32-22-7-10-24(41-4)11-8-22)9-14-27(26)42-28(19)17-34(3)43(39,40)25-12-5-21(31)6-13-25/h5-15,19-20,28,36H,16-18H2,1-4H3,(H2,32,33,38)/t19-,20-,28+/m1/s1. The van der Waals surface area contributed by atoms with Gasteiger partial charge in [0, 0.05) is 35.9 Å². The highest BCUT2D eigenvalue weighted by Gasteiger charge is 2.35. The van der Waals surface area contributed by atoms with Gasteiger partial charge in [0.1, 0.15) is 17.6 Å². The summed E-state index contributed by atoms with van der Waals surface area (Å²) in [6.45, 7) is 3.51. The first-order valence-corrected chi connectivity index (χ1v) is 15.4. The number of aliphatic hydroxyl groups excluding tert-OH is 1. The van der Waals surface area contributed by atoms with Gasteiger partial charge < -0.3 is 30.1 Å². The number of carbonyl (C=O) groups is 2. The van der Waals surface area contributed by atoms with Crippen molar-refractivity contribution < 1.29 is 32.6 Å². The monoisotopic (exact) mass is 630 g/mol. The van der Waals surface area contributed by atoms with Crippen LogP contribution in [0.25, 0.3) is 0 Å². The molecule has 0 unspecified atom stereocenters. The van der Waals surface area contributed by atoms with Gasteiger partial charge in [-0.25, -0.2) is 13.2 Å². The maximum atomic E-state index is 13.7. The third kappa shape index (κ3) is 7.57. The number of nitrogens with one attached hydrogen (secondary N) is 2. The number of anilines is 2. The number of hydrogen-bond donors (Lipinski definition) is 3. The van der Waals surface area contributed by atoms with Gasteiger partial charge in [0.25, 0.3) is 5.91 Å². The molecule has 0 aromatic heterocycles. The van der Waals surface area contributed by atoms with Crippen LogP contribution in [0.5, 0.6) is 11.5 Å². The van der Waals surface area contributed by atoms with Gasteiger partial charge in [-0.1, -0.05) is 18.5 Å². The highest BCUT2D eigenvalue weighted by Crippen LogP contribution is 2.31. The number of urea groups is 1. The lowest BCUT2D eigenvalue weighted by atomic mass is 9.99. The number of aliphatic hydroxyl groups is 1. The molecule has 3 atom stereocenters. The van der Waals surface area contributed by atoms with Gasteiger partial charge in [-0.2, -0.15) is 4.31 Å². The molecule has 1 heterocycles. The SMILES string of the molecule is COc1ccc(NC(=O)Nc2ccc3c(c2)C(=O)N([C@H](C)CO)C[C@@H](C)[C@H](CN(C)S(=O)(=O)c2ccc(Cl)cc2)O3)cc1. The molecule has 3 aromatic rings. The van der Waals surface area contributed by atoms with Crippen molar-refractivity contribution in [3.05, 3.63) is 77.3 Å². The number of carbonyl (C=O) groups excluding carboxylic acids is 2. The van der Waals surface area contributed by atoms with Crippen LogP contribution in [0.2, 0.25) is 5.02 Å². The number of hydrogen-bond acceptors (Lipinski definition) is 7. The van der Waals surface area contributed by atoms with Crippen LogP contribution in [0, 0.1) is 5.92 Å². The van der Waals surface area contributed by atoms with Crippen molar-refractivity contribution in [3.63, 3.8) is 0 Å². The summed E-state index contributed by atoms with van der Waals surface area (Å²) in [7, 11) is -0.845. The van der Waals surface area contributed by atoms with E-state index in [4.69, 9.17) is 21.1 Å². The molecule has 3 N–H and O–H groups in total. The summed E-state index contributed by atoms with van der Waals surface area (Å²) in [6.07, 6.45) is -0.649. The second kappa shape index (κ2) is 13.6. The van der Waals surface area contributed by atoms with Crippen molar-refractivity contribution in [2.24, 2.45) is 5.92 Å². The predicted molar refractivity (Wildman–Crippen MR) is 165 cm³/mol. The lowest BCUT2D eigenvalue weighted by Gasteiger charge is -2.38. The second-order valence-electron chi connectivity index (χ2n) is 10.4. The number of methoxy groups -OCH3 is 1. The van der Waals surface area contributed by atoms with E-state index in [1.807, 2.05) is 6.92 Å². The molecule has 43 heavy (non-hydrogen) atoms. The van der Waals surface area contributed by atoms with E-state index in [2.05, 4.69) is 10.6 Å². The molecule has 3 aromatic carbocycles. The number of fused-ring (bicyclic) bond motifs is 1. The van der Waals surface area contributed by atoms with E-state index in [0.717, 1.165) is 0 Å². The number of nitrogens with zero attached hydrogens (tertiary/aromatic N) is 2. The quantitative estimate of drug-likeness (QED) is 0.316. The van der Waals surface area contributed by atoms with Crippen LogP contribution in [-0.4, -0.2) is 80.7 Å². The van der Waals surface area contributed by atoms with Crippen LogP contribution in [0.3, 0.4) is 0 Å². The summed E-state index contributed by atoms with van der Waals surface area (Å²) in [5.41, 5.74) is 1.05. The fourth-order valence-corrected chi connectivity index (χ4v) is 5.93. The van der Waals surface area contributed by atoms with E-state index in [0.29, 0.717) is 22.1 Å². The molecule has 0 aliphatic carbocycles. The first-order valence-electron chi connectivity index (χ1n) is 13.6. The number of rotatable bonds is 9. The largest absolute Gasteiger partial charge is 0.497 e. The smallest absolute Gasteiger partial charge is 0.323 e. The third-order valence-corrected chi connectivity index (χ3v) is 9.32. The Morgan fingerprint density at radius 1 is 1.12 bits per heavy atom. The zero-order valence-corrected chi connectivity index (χ0v) is 25.9. The van der Waals surface area contributed by atoms with Gasteiger partial charge >= 0.3 is 6.03 Å². The van der Waals surface area contributed by atoms with Crippen molar-refractivity contribution in [3.8, 4) is 11.5 Å². The molecule has 230 valence electrons. The molecule has 3 amide bonds. The van der Waals surface area contributed by atoms with Gasteiger partial charge in [0.15, 0.2) is 0 Å². The Morgan fingerprint density at radius 3 is 2.37 bits per heavy atom. The molecule has 11 nitrogen and oxygen atoms in total. The minimum absolute atomic E-state index is 0.00856. The zero-order chi connectivity index (χ0) is 31.3. The predicted octanol–water partition coefficient (Wildman–Crippen LogP) is 4.53. The number of benzene rings is 3. The van der Waals surface area contributed by atoms with Gasteiger partial charge in [-0.05, 0) is 73.7 Å². The van der Waals surface area contributed by atoms with E-state index in [1.165, 1.54) is 46.6 Å². The number of sulfonamides is 1. The molecule has 13 heteroatoms. The average molecular weight is 631 g/mol. The lowest BCUT2D eigenvalue weighted by Crippen LogP contribution is -2.50. The molecule has 1 aliphatic rings. The fourth-order valence-electron chi connectivity index (χ4n) is 4.62. The summed E-state index contributed by atoms with van der Waals surface area (Å²) in [5.74, 6) is 0.189. The molecule has 0 saturated carbocycles. The van der Waals surface area contributed by atoms with Crippen LogP contribution in [-0.2, 0) is 10.0 Å². The van der Waals surface area contributed by atoms with Crippen LogP contribution < -0.4 is 20.1 Å². The third-order valence-electron chi connectivity index (χ3n) is 7.23. The van der Waals surface area contributed by atoms with Crippen molar-refractivity contribution in [2.45, 2.75) is 30.9 Å². The average Bonchev–Trinajstić information content (AvgIpc) is 2.99. The fraction of sp³-hybridized carbons (Fsp3) is 0.333. The van der Waals surface area contributed by atoms with E-state index < -0.39 is 28.2 Å². The summed E-state index contributed by atoms with van der Waals surface area (Å²) in [4.78, 5) is 28.0. The molecule has 4 rings (SSSR count). The molecule has 0 saturated heterocycles. The van der Waals surface area contributed by atoms with Gasteiger partial charge in [-0.3, -0.25) is 4.79 Å². The van der Waals surface area contributed by atoms with Gasteiger partial charge in [0.2, 0.25) is 10.0 Å². The van der Waals surface area contributed by atoms with E-state index in [-0.39, 0.29) is 47.7 Å². The number of ether oxygens (including phenoxy) is 2. The molecular weight excluding hydrogens is 596 g/mol. The van der Waals surface area contributed by atoms with Crippen LogP contribution in [0.15, 0.2) is 71.6 Å². The highest BCUT2D eigenvalue weighted by molar-refractivity contribution is 7.89. The number of likely N-dealkylation sites (N-methyl/N-ethyl adjacent to an activating group) is 1. The van der Waals surface area contributed by atoms with E-state index in [1.54, 1.807) is 50.4 Å². The number of amides is 3. The van der Waals surface area contributed by atoms with Crippen LogP contribution >= 0.6 is 11.6 Å². The molecule has 0 spiro atoms. The zero-order valence-electron chi connectivity index (χ0n) is 24.3. The highest BCUT2D eigenvalue weighted by atomic mass is 35.5. The minimum Gasteiger partial charge on any atom is -0.497 e. The second-order valence-corrected chi connectivity index (χ2v) is 12.9. The van der Waals surface area contributed by atoms with Crippen molar-refractivity contribution in [1.29, 1.82) is 0 Å². The summed E-state index contributed by atoms with van der Waals surface area (Å²) < 4.78 is 39.2. The topological polar surface area (TPSA) is 138 Å².